The van der Waals surface area contributed by atoms with Crippen molar-refractivity contribution < 1.29 is 30.0 Å². The molecule has 5 aromatic rings. The van der Waals surface area contributed by atoms with Crippen LogP contribution in [-0.4, -0.2) is 34.7 Å². The van der Waals surface area contributed by atoms with Gasteiger partial charge in [-0.25, -0.2) is 9.98 Å². The van der Waals surface area contributed by atoms with Gasteiger partial charge in [0.05, 0.1) is 22.6 Å². The second-order valence-corrected chi connectivity index (χ2v) is 19.5. The molecular formula is C44H50F3N7O4S2. The molecule has 1 aromatic heterocycles. The number of hydrogen-bond acceptors (Lipinski definition) is 8. The van der Waals surface area contributed by atoms with Crippen LogP contribution >= 0.6 is 0 Å². The molecule has 60 heavy (non-hydrogen) atoms. The molecule has 318 valence electrons. The van der Waals surface area contributed by atoms with Gasteiger partial charge in [-0.05, 0) is 103 Å². The van der Waals surface area contributed by atoms with Gasteiger partial charge in [0.25, 0.3) is 0 Å². The van der Waals surface area contributed by atoms with Crippen molar-refractivity contribution in [1.82, 2.24) is 14.9 Å². The Labute approximate surface area is 354 Å². The number of nitrogens with zero attached hydrogens (tertiary/aromatic N) is 5. The van der Waals surface area contributed by atoms with Crippen LogP contribution < -0.4 is 17.8 Å². The third-order valence-corrected chi connectivity index (χ3v) is 11.1. The van der Waals surface area contributed by atoms with Gasteiger partial charge in [0, 0.05) is 22.7 Å². The maximum Gasteiger partial charge on any atom is 0.418 e. The van der Waals surface area contributed by atoms with E-state index in [1.807, 2.05) is 39.8 Å². The minimum absolute atomic E-state index is 0.119. The van der Waals surface area contributed by atoms with Crippen LogP contribution in [0.2, 0.25) is 0 Å². The fraction of sp³-hybridized carbons (Fsp3) is 0.364. The summed E-state index contributed by atoms with van der Waals surface area (Å²) in [4.78, 5) is 10.4. The Morgan fingerprint density at radius 3 is 1.92 bits per heavy atom. The Kier molecular flexibility index (Phi) is 12.2. The highest BCUT2D eigenvalue weighted by atomic mass is 32.2. The van der Waals surface area contributed by atoms with Crippen molar-refractivity contribution in [2.24, 2.45) is 20.9 Å². The van der Waals surface area contributed by atoms with Gasteiger partial charge in [-0.15, -0.1) is 9.89 Å². The molecule has 4 aromatic carbocycles. The van der Waals surface area contributed by atoms with Gasteiger partial charge in [-0.1, -0.05) is 85.2 Å². The Balaban J connectivity index is 1.13. The lowest BCUT2D eigenvalue weighted by Gasteiger charge is -2.33. The van der Waals surface area contributed by atoms with Crippen LogP contribution in [0.25, 0.3) is 11.4 Å². The minimum atomic E-state index is -4.61. The summed E-state index contributed by atoms with van der Waals surface area (Å²) in [5, 5.41) is 9.09. The van der Waals surface area contributed by atoms with E-state index in [4.69, 9.17) is 8.37 Å². The van der Waals surface area contributed by atoms with Crippen molar-refractivity contribution >= 4 is 51.0 Å². The van der Waals surface area contributed by atoms with E-state index in [1.165, 1.54) is 10.9 Å². The second-order valence-electron chi connectivity index (χ2n) is 17.8. The number of halogens is 3. The van der Waals surface area contributed by atoms with E-state index in [0.717, 1.165) is 23.6 Å². The van der Waals surface area contributed by atoms with E-state index in [1.54, 1.807) is 62.4 Å². The first-order chi connectivity index (χ1) is 27.9. The van der Waals surface area contributed by atoms with E-state index in [-0.39, 0.29) is 33.9 Å². The molecule has 0 bridgehead atoms. The number of anilines is 2. The number of fused-ring (bicyclic) bond motifs is 1. The number of aromatic nitrogens is 3. The molecule has 0 spiro atoms. The van der Waals surface area contributed by atoms with Crippen molar-refractivity contribution in [3.05, 3.63) is 113 Å². The van der Waals surface area contributed by atoms with Gasteiger partial charge in [-0.3, -0.25) is 9.44 Å². The van der Waals surface area contributed by atoms with Gasteiger partial charge in [0.2, 0.25) is 5.82 Å². The summed E-state index contributed by atoms with van der Waals surface area (Å²) in [5.74, 6) is 1.28. The van der Waals surface area contributed by atoms with Crippen molar-refractivity contribution in [2.75, 3.05) is 9.44 Å². The first-order valence-electron chi connectivity index (χ1n) is 19.3. The van der Waals surface area contributed by atoms with Crippen LogP contribution in [0.15, 0.2) is 89.0 Å². The maximum absolute atomic E-state index is 14.0. The summed E-state index contributed by atoms with van der Waals surface area (Å²) >= 11 is -3.98. The number of alkyl halides is 3. The summed E-state index contributed by atoms with van der Waals surface area (Å²) < 4.78 is 85.6. The van der Waals surface area contributed by atoms with Crippen LogP contribution in [-0.2, 0) is 34.1 Å². The molecule has 0 saturated carbocycles. The number of aliphatic imine (C=N–C) groups is 1. The molecule has 0 aliphatic carbocycles. The zero-order valence-electron chi connectivity index (χ0n) is 35.5. The molecule has 6 rings (SSSR count). The van der Waals surface area contributed by atoms with Crippen LogP contribution in [0.1, 0.15) is 95.5 Å². The number of rotatable bonds is 12. The smallest absolute Gasteiger partial charge is 0.385 e. The van der Waals surface area contributed by atoms with Crippen LogP contribution in [0.4, 0.5) is 30.2 Å². The van der Waals surface area contributed by atoms with Gasteiger partial charge < -0.3 is 8.37 Å². The van der Waals surface area contributed by atoms with Crippen molar-refractivity contribution in [3.8, 4) is 22.9 Å². The third-order valence-electron chi connectivity index (χ3n) is 9.63. The topological polar surface area (TPSA) is 132 Å². The first-order valence-corrected chi connectivity index (χ1v) is 21.4. The maximum atomic E-state index is 14.0. The summed E-state index contributed by atoms with van der Waals surface area (Å²) in [7, 11) is 0. The lowest BCUT2D eigenvalue weighted by atomic mass is 9.72. The predicted molar refractivity (Wildman–Crippen MR) is 234 cm³/mol. The molecule has 2 unspecified atom stereocenters. The quantitative estimate of drug-likeness (QED) is 0.128. The molecule has 0 amide bonds. The zero-order valence-corrected chi connectivity index (χ0v) is 37.2. The normalized spacial score (nSPS) is 15.0. The fourth-order valence-corrected chi connectivity index (χ4v) is 8.39. The largest absolute Gasteiger partial charge is 0.418 e. The summed E-state index contributed by atoms with van der Waals surface area (Å²) in [6.07, 6.45) is -3.66. The van der Waals surface area contributed by atoms with Crippen LogP contribution in [0.3, 0.4) is 0 Å². The van der Waals surface area contributed by atoms with E-state index < -0.39 is 39.7 Å². The van der Waals surface area contributed by atoms with Crippen LogP contribution in [0.5, 0.6) is 11.5 Å². The molecule has 16 heteroatoms. The number of nitrogens with one attached hydrogen (secondary N) is 2. The number of aryl methyl sites for hydroxylation is 3. The average molecular weight is 862 g/mol. The summed E-state index contributed by atoms with van der Waals surface area (Å²) in [6.45, 7) is 21.9. The Hall–Kier alpha value is -5.35. The average Bonchev–Trinajstić information content (AvgIpc) is 3.69. The molecule has 1 aliphatic rings. The zero-order chi connectivity index (χ0) is 43.9. The molecule has 11 nitrogen and oxygen atoms in total. The van der Waals surface area contributed by atoms with E-state index in [2.05, 4.69) is 70.3 Å². The number of benzene rings is 4. The van der Waals surface area contributed by atoms with Gasteiger partial charge in [0.15, 0.2) is 5.82 Å². The molecular weight excluding hydrogens is 812 g/mol. The highest BCUT2D eigenvalue weighted by Crippen LogP contribution is 2.40. The molecule has 1 aliphatic heterocycles. The highest BCUT2D eigenvalue weighted by molar-refractivity contribution is 7.82. The molecule has 2 heterocycles. The second kappa shape index (κ2) is 16.6. The van der Waals surface area contributed by atoms with Crippen molar-refractivity contribution in [1.29, 1.82) is 0 Å². The molecule has 2 N–H and O–H groups in total. The third kappa shape index (κ3) is 10.5. The van der Waals surface area contributed by atoms with Crippen molar-refractivity contribution in [3.63, 3.8) is 0 Å². The molecule has 0 fully saturated rings. The molecule has 2 atom stereocenters. The van der Waals surface area contributed by atoms with Gasteiger partial charge in [0.1, 0.15) is 17.2 Å². The van der Waals surface area contributed by atoms with E-state index >= 15 is 0 Å². The summed E-state index contributed by atoms with van der Waals surface area (Å²) in [6, 6.07) is 21.8. The SMILES string of the molecule is Cc1ccc(N=C2C(C(C)(C)C)=Nn3nc(-c4ccc(NS(=O)Oc5cc(NS(=O)Oc6cc(C(C)(C)CC(C)(C)C)ccc6C)ccc5C)cc4)nc32)c(C(F)(F)F)c1. The predicted octanol–water partition coefficient (Wildman–Crippen LogP) is 11.1. The standard InChI is InChI=1S/C44H50F3N7O4S2/c1-26-12-21-34(33(22-26)44(45,46)47)48-37-38(42(7,8)9)50-54-40(37)49-39(51-54)29-15-19-31(20-16-29)52-59(55)58-36-24-32(18-14-28(36)3)53-60(56)57-35-23-30(17-13-27(35)2)43(10,11)25-41(4,5)6/h12-24,52-53H,25H2,1-11H3. The first kappa shape index (κ1) is 44.2. The Morgan fingerprint density at radius 2 is 1.32 bits per heavy atom. The van der Waals surface area contributed by atoms with Crippen molar-refractivity contribution in [2.45, 2.75) is 94.2 Å². The Bertz CT molecular complexity index is 2530. The highest BCUT2D eigenvalue weighted by Gasteiger charge is 2.38. The molecule has 0 saturated heterocycles. The minimum Gasteiger partial charge on any atom is -0.385 e. The van der Waals surface area contributed by atoms with Crippen LogP contribution in [0, 0.1) is 31.6 Å². The Morgan fingerprint density at radius 1 is 0.733 bits per heavy atom. The van der Waals surface area contributed by atoms with E-state index in [9.17, 15) is 21.6 Å². The lowest BCUT2D eigenvalue weighted by Crippen LogP contribution is -2.27. The number of hydrogen-bond donors (Lipinski definition) is 2. The van der Waals surface area contributed by atoms with Gasteiger partial charge in [-0.2, -0.15) is 26.7 Å². The van der Waals surface area contributed by atoms with Gasteiger partial charge >= 0.3 is 28.7 Å². The fourth-order valence-electron chi connectivity index (χ4n) is 6.97. The van der Waals surface area contributed by atoms with E-state index in [0.29, 0.717) is 45.3 Å². The summed E-state index contributed by atoms with van der Waals surface area (Å²) in [5.41, 5.74) is 3.53. The lowest BCUT2D eigenvalue weighted by molar-refractivity contribution is -0.137. The monoisotopic (exact) mass is 861 g/mol. The molecule has 0 radical (unpaired) electrons.